The van der Waals surface area contributed by atoms with E-state index >= 15 is 0 Å². The molecule has 1 aliphatic heterocycles. The minimum absolute atomic E-state index is 0.565. The van der Waals surface area contributed by atoms with E-state index in [1.54, 1.807) is 23.1 Å². The first-order chi connectivity index (χ1) is 9.35. The number of thioether (sulfide) groups is 2. The second-order valence-corrected chi connectivity index (χ2v) is 7.93. The Morgan fingerprint density at radius 1 is 1.26 bits per heavy atom. The van der Waals surface area contributed by atoms with Crippen LogP contribution in [0.2, 0.25) is 0 Å². The van der Waals surface area contributed by atoms with Gasteiger partial charge in [0.2, 0.25) is 0 Å². The lowest BCUT2D eigenvalue weighted by atomic mass is 10.1. The smallest absolute Gasteiger partial charge is 0.175 e. The van der Waals surface area contributed by atoms with Crippen LogP contribution in [0, 0.1) is 0 Å². The summed E-state index contributed by atoms with van der Waals surface area (Å²) in [5, 5.41) is 12.5. The number of benzene rings is 1. The van der Waals surface area contributed by atoms with E-state index in [0.717, 1.165) is 21.6 Å². The van der Waals surface area contributed by atoms with Crippen LogP contribution in [0.1, 0.15) is 12.0 Å². The summed E-state index contributed by atoms with van der Waals surface area (Å²) in [6.45, 7) is 0.996. The highest BCUT2D eigenvalue weighted by Crippen LogP contribution is 2.34. The third kappa shape index (κ3) is 3.24. The van der Waals surface area contributed by atoms with Gasteiger partial charge in [-0.15, -0.1) is 10.2 Å². The van der Waals surface area contributed by atoms with E-state index in [0.29, 0.717) is 5.25 Å². The molecule has 6 heteroatoms. The van der Waals surface area contributed by atoms with Gasteiger partial charge in [0.05, 0.1) is 0 Å². The second-order valence-electron chi connectivity index (χ2n) is 4.35. The van der Waals surface area contributed by atoms with Gasteiger partial charge in [0, 0.05) is 17.5 Å². The first-order valence-electron chi connectivity index (χ1n) is 6.21. The van der Waals surface area contributed by atoms with E-state index in [2.05, 4.69) is 39.8 Å². The molecular weight excluding hydrogens is 294 g/mol. The van der Waals surface area contributed by atoms with Gasteiger partial charge >= 0.3 is 0 Å². The lowest BCUT2D eigenvalue weighted by Crippen LogP contribution is -2.14. The largest absolute Gasteiger partial charge is 0.384 e. The maximum absolute atomic E-state index is 4.24. The fourth-order valence-electron chi connectivity index (χ4n) is 2.12. The summed E-state index contributed by atoms with van der Waals surface area (Å²) in [5.74, 6) is 0. The van der Waals surface area contributed by atoms with Crippen molar-refractivity contribution in [1.82, 2.24) is 10.2 Å². The molecule has 19 heavy (non-hydrogen) atoms. The van der Waals surface area contributed by atoms with E-state index in [9.17, 15) is 0 Å². The Morgan fingerprint density at radius 3 is 2.95 bits per heavy atom. The molecule has 0 bridgehead atoms. The Labute approximate surface area is 125 Å². The molecule has 3 rings (SSSR count). The number of nitrogens with zero attached hydrogens (tertiary/aromatic N) is 2. The number of para-hydroxylation sites is 1. The standard InChI is InChI=1S/C13H15N3S3/c1-17-12-15-16-13(19-12)18-10-7-6-9-4-2-3-5-11(9)14-8-10/h2-5,10,14H,6-8H2,1H3. The van der Waals surface area contributed by atoms with Crippen molar-refractivity contribution in [3.05, 3.63) is 29.8 Å². The number of aryl methyl sites for hydroxylation is 1. The maximum Gasteiger partial charge on any atom is 0.175 e. The molecule has 1 atom stereocenters. The van der Waals surface area contributed by atoms with Crippen molar-refractivity contribution in [2.45, 2.75) is 26.8 Å². The van der Waals surface area contributed by atoms with Crippen molar-refractivity contribution in [2.24, 2.45) is 0 Å². The molecule has 0 saturated carbocycles. The SMILES string of the molecule is CSc1nnc(SC2CCc3ccccc3NC2)s1. The van der Waals surface area contributed by atoms with Crippen LogP contribution in [0.15, 0.2) is 32.9 Å². The normalized spacial score (nSPS) is 18.5. The molecule has 2 aromatic rings. The molecule has 0 amide bonds. The van der Waals surface area contributed by atoms with Crippen LogP contribution < -0.4 is 5.32 Å². The minimum atomic E-state index is 0.565. The summed E-state index contributed by atoms with van der Waals surface area (Å²) in [5.41, 5.74) is 2.71. The molecule has 1 aromatic heterocycles. The molecular formula is C13H15N3S3. The van der Waals surface area contributed by atoms with Gasteiger partial charge in [0.25, 0.3) is 0 Å². The van der Waals surface area contributed by atoms with Gasteiger partial charge in [-0.05, 0) is 30.7 Å². The number of aromatic nitrogens is 2. The van der Waals surface area contributed by atoms with Gasteiger partial charge < -0.3 is 5.32 Å². The van der Waals surface area contributed by atoms with Crippen LogP contribution in [0.3, 0.4) is 0 Å². The zero-order chi connectivity index (χ0) is 13.1. The molecule has 2 heterocycles. The van der Waals surface area contributed by atoms with Crippen molar-refractivity contribution < 1.29 is 0 Å². The van der Waals surface area contributed by atoms with Crippen molar-refractivity contribution in [2.75, 3.05) is 18.1 Å². The monoisotopic (exact) mass is 309 g/mol. The van der Waals surface area contributed by atoms with E-state index in [4.69, 9.17) is 0 Å². The summed E-state index contributed by atoms with van der Waals surface area (Å²) in [4.78, 5) is 0. The number of hydrogen-bond donors (Lipinski definition) is 1. The number of fused-ring (bicyclic) bond motifs is 1. The molecule has 1 unspecified atom stereocenters. The van der Waals surface area contributed by atoms with Crippen LogP contribution in [0.5, 0.6) is 0 Å². The summed E-state index contributed by atoms with van der Waals surface area (Å²) in [6, 6.07) is 8.59. The van der Waals surface area contributed by atoms with Crippen molar-refractivity contribution in [3.63, 3.8) is 0 Å². The molecule has 0 saturated heterocycles. The van der Waals surface area contributed by atoms with Crippen molar-refractivity contribution >= 4 is 40.5 Å². The minimum Gasteiger partial charge on any atom is -0.384 e. The first kappa shape index (κ1) is 13.3. The number of anilines is 1. The van der Waals surface area contributed by atoms with Gasteiger partial charge in [-0.1, -0.05) is 53.1 Å². The third-order valence-corrected chi connectivity index (χ3v) is 6.35. The highest BCUT2D eigenvalue weighted by atomic mass is 32.2. The molecule has 1 aromatic carbocycles. The fraction of sp³-hybridized carbons (Fsp3) is 0.385. The summed E-state index contributed by atoms with van der Waals surface area (Å²) in [6.07, 6.45) is 4.36. The average Bonchev–Trinajstić information content (AvgIpc) is 2.80. The maximum atomic E-state index is 4.24. The predicted octanol–water partition coefficient (Wildman–Crippen LogP) is 3.78. The Morgan fingerprint density at radius 2 is 2.11 bits per heavy atom. The van der Waals surface area contributed by atoms with E-state index in [-0.39, 0.29) is 0 Å². The van der Waals surface area contributed by atoms with Gasteiger partial charge in [0.1, 0.15) is 0 Å². The van der Waals surface area contributed by atoms with Crippen LogP contribution in [0.4, 0.5) is 5.69 Å². The van der Waals surface area contributed by atoms with Crippen LogP contribution >= 0.6 is 34.9 Å². The van der Waals surface area contributed by atoms with Gasteiger partial charge in [0.15, 0.2) is 8.68 Å². The topological polar surface area (TPSA) is 37.8 Å². The Balaban J connectivity index is 1.65. The van der Waals surface area contributed by atoms with Gasteiger partial charge in [-0.25, -0.2) is 0 Å². The summed E-state index contributed by atoms with van der Waals surface area (Å²) >= 11 is 5.21. The lowest BCUT2D eigenvalue weighted by molar-refractivity contribution is 0.801. The zero-order valence-electron chi connectivity index (χ0n) is 10.6. The molecule has 0 radical (unpaired) electrons. The number of hydrogen-bond acceptors (Lipinski definition) is 6. The molecule has 1 aliphatic rings. The molecule has 100 valence electrons. The number of rotatable bonds is 3. The van der Waals surface area contributed by atoms with Gasteiger partial charge in [-0.3, -0.25) is 0 Å². The first-order valence-corrected chi connectivity index (χ1v) is 9.13. The van der Waals surface area contributed by atoms with Crippen LogP contribution in [-0.2, 0) is 6.42 Å². The van der Waals surface area contributed by atoms with E-state index in [1.165, 1.54) is 17.7 Å². The molecule has 0 fully saturated rings. The zero-order valence-corrected chi connectivity index (χ0v) is 13.1. The highest BCUT2D eigenvalue weighted by molar-refractivity contribution is 8.03. The van der Waals surface area contributed by atoms with Crippen LogP contribution in [0.25, 0.3) is 0 Å². The Bertz CT molecular complexity index is 529. The molecule has 0 spiro atoms. The average molecular weight is 309 g/mol. The van der Waals surface area contributed by atoms with Gasteiger partial charge in [-0.2, -0.15) is 0 Å². The predicted molar refractivity (Wildman–Crippen MR) is 84.6 cm³/mol. The summed E-state index contributed by atoms with van der Waals surface area (Å²) in [7, 11) is 0. The van der Waals surface area contributed by atoms with Crippen LogP contribution in [-0.4, -0.2) is 28.2 Å². The summed E-state index contributed by atoms with van der Waals surface area (Å²) < 4.78 is 2.13. The van der Waals surface area contributed by atoms with Crippen molar-refractivity contribution in [3.8, 4) is 0 Å². The highest BCUT2D eigenvalue weighted by Gasteiger charge is 2.18. The fourth-order valence-corrected chi connectivity index (χ4v) is 4.90. The quantitative estimate of drug-likeness (QED) is 0.873. The number of nitrogens with one attached hydrogen (secondary N) is 1. The molecule has 1 N–H and O–H groups in total. The van der Waals surface area contributed by atoms with E-state index in [1.807, 2.05) is 18.0 Å². The Kier molecular flexibility index (Phi) is 4.30. The lowest BCUT2D eigenvalue weighted by Gasteiger charge is -2.11. The molecule has 0 aliphatic carbocycles. The molecule has 3 nitrogen and oxygen atoms in total. The Hall–Kier alpha value is -0.720. The second kappa shape index (κ2) is 6.15. The van der Waals surface area contributed by atoms with E-state index < -0.39 is 0 Å². The van der Waals surface area contributed by atoms with Crippen molar-refractivity contribution in [1.29, 1.82) is 0 Å². The third-order valence-electron chi connectivity index (χ3n) is 3.10.